The molecular formula is C26H37NO4S2. The van der Waals surface area contributed by atoms with Gasteiger partial charge in [-0.3, -0.25) is 0 Å². The minimum Gasteiger partial charge on any atom is -0.444 e. The first-order chi connectivity index (χ1) is 15.6. The van der Waals surface area contributed by atoms with Crippen LogP contribution in [0.1, 0.15) is 52.2 Å². The number of hydrogen-bond acceptors (Lipinski definition) is 6. The van der Waals surface area contributed by atoms with Gasteiger partial charge in [-0.2, -0.15) is 0 Å². The van der Waals surface area contributed by atoms with Crippen molar-refractivity contribution in [2.45, 2.75) is 82.5 Å². The molecule has 1 aliphatic rings. The topological polar surface area (TPSA) is 48.0 Å². The normalized spacial score (nSPS) is 18.0. The third kappa shape index (κ3) is 10.0. The van der Waals surface area contributed by atoms with E-state index in [0.29, 0.717) is 13.1 Å². The number of aryl methyl sites for hydroxylation is 2. The van der Waals surface area contributed by atoms with Gasteiger partial charge in [0.25, 0.3) is 0 Å². The number of ether oxygens (including phenoxy) is 1. The summed E-state index contributed by atoms with van der Waals surface area (Å²) in [7, 11) is 0. The number of amides is 1. The molecule has 0 aromatic heterocycles. The molecule has 7 heteroatoms. The lowest BCUT2D eigenvalue weighted by Gasteiger charge is -2.24. The van der Waals surface area contributed by atoms with Gasteiger partial charge in [-0.25, -0.2) is 4.79 Å². The van der Waals surface area contributed by atoms with Crippen molar-refractivity contribution in [3.05, 3.63) is 59.7 Å². The number of carbonyl (C=O) groups excluding carboxylic acids is 1. The van der Waals surface area contributed by atoms with E-state index in [2.05, 4.69) is 52.0 Å². The van der Waals surface area contributed by atoms with Gasteiger partial charge in [0.15, 0.2) is 0 Å². The first-order valence-electron chi connectivity index (χ1n) is 11.4. The molecule has 182 valence electrons. The molecule has 0 aliphatic carbocycles. The average Bonchev–Trinajstić information content (AvgIpc) is 3.16. The van der Waals surface area contributed by atoms with Gasteiger partial charge < -0.3 is 18.0 Å². The third-order valence-electron chi connectivity index (χ3n) is 4.44. The van der Waals surface area contributed by atoms with Crippen LogP contribution in [-0.4, -0.2) is 41.9 Å². The molecular weight excluding hydrogens is 454 g/mol. The Bertz CT molecular complexity index is 793. The van der Waals surface area contributed by atoms with Crippen LogP contribution in [0.2, 0.25) is 0 Å². The summed E-state index contributed by atoms with van der Waals surface area (Å²) in [4.78, 5) is 16.2. The first-order valence-corrected chi connectivity index (χ1v) is 12.9. The zero-order valence-corrected chi connectivity index (χ0v) is 22.4. The van der Waals surface area contributed by atoms with Gasteiger partial charge in [0, 0.05) is 33.9 Å². The quantitative estimate of drug-likeness (QED) is 0.391. The summed E-state index contributed by atoms with van der Waals surface area (Å²) in [6, 6.07) is 16.3. The van der Waals surface area contributed by atoms with Crippen molar-refractivity contribution < 1.29 is 17.9 Å². The van der Waals surface area contributed by atoms with Gasteiger partial charge in [0.2, 0.25) is 0 Å². The van der Waals surface area contributed by atoms with E-state index in [9.17, 15) is 4.79 Å². The van der Waals surface area contributed by atoms with E-state index >= 15 is 0 Å². The predicted octanol–water partition coefficient (Wildman–Crippen LogP) is 7.46. The van der Waals surface area contributed by atoms with Gasteiger partial charge in [0.05, 0.1) is 13.1 Å². The summed E-state index contributed by atoms with van der Waals surface area (Å²) in [6.45, 7) is 14.8. The third-order valence-corrected chi connectivity index (χ3v) is 6.06. The lowest BCUT2D eigenvalue weighted by atomic mass is 10.2. The Morgan fingerprint density at radius 1 is 0.848 bits per heavy atom. The molecule has 2 aromatic rings. The highest BCUT2D eigenvalue weighted by atomic mass is 32.2. The van der Waals surface area contributed by atoms with Crippen molar-refractivity contribution in [1.82, 2.24) is 4.90 Å². The van der Waals surface area contributed by atoms with E-state index in [1.807, 2.05) is 45.0 Å². The molecule has 33 heavy (non-hydrogen) atoms. The number of carbonyl (C=O) groups is 1. The Kier molecular flexibility index (Phi) is 11.1. The van der Waals surface area contributed by atoms with Crippen LogP contribution < -0.4 is 0 Å². The molecule has 1 saturated heterocycles. The van der Waals surface area contributed by atoms with E-state index in [4.69, 9.17) is 13.1 Å². The van der Waals surface area contributed by atoms with Crippen LogP contribution in [0.4, 0.5) is 4.79 Å². The second-order valence-electron chi connectivity index (χ2n) is 9.15. The van der Waals surface area contributed by atoms with E-state index < -0.39 is 5.60 Å². The summed E-state index contributed by atoms with van der Waals surface area (Å²) in [5.41, 5.74) is 1.86. The van der Waals surface area contributed by atoms with Crippen molar-refractivity contribution in [3.63, 3.8) is 0 Å². The van der Waals surface area contributed by atoms with E-state index in [1.54, 1.807) is 4.90 Å². The smallest absolute Gasteiger partial charge is 0.410 e. The highest BCUT2D eigenvalue weighted by Crippen LogP contribution is 2.31. The van der Waals surface area contributed by atoms with Crippen LogP contribution in [0.5, 0.6) is 0 Å². The molecule has 5 nitrogen and oxygen atoms in total. The molecule has 0 saturated carbocycles. The monoisotopic (exact) mass is 491 g/mol. The molecule has 1 aliphatic heterocycles. The van der Waals surface area contributed by atoms with E-state index in [0.717, 1.165) is 9.79 Å². The van der Waals surface area contributed by atoms with Gasteiger partial charge in [0.1, 0.15) is 17.8 Å². The van der Waals surface area contributed by atoms with Crippen LogP contribution in [0.3, 0.4) is 0 Å². The largest absolute Gasteiger partial charge is 0.444 e. The Morgan fingerprint density at radius 2 is 1.21 bits per heavy atom. The predicted molar refractivity (Wildman–Crippen MR) is 138 cm³/mol. The van der Waals surface area contributed by atoms with Crippen molar-refractivity contribution in [1.29, 1.82) is 0 Å². The summed E-state index contributed by atoms with van der Waals surface area (Å²) in [6.07, 6.45) is 0.381. The van der Waals surface area contributed by atoms with Gasteiger partial charge >= 0.3 is 6.09 Å². The van der Waals surface area contributed by atoms with E-state index in [1.165, 1.54) is 41.6 Å². The van der Waals surface area contributed by atoms with Crippen LogP contribution in [0, 0.1) is 13.8 Å². The van der Waals surface area contributed by atoms with Crippen molar-refractivity contribution in [2.75, 3.05) is 13.1 Å². The van der Waals surface area contributed by atoms with E-state index in [-0.39, 0.29) is 18.3 Å². The number of hydrogen-bond donors (Lipinski definition) is 0. The number of nitrogens with zero attached hydrogens (tertiary/aromatic N) is 1. The summed E-state index contributed by atoms with van der Waals surface area (Å²) < 4.78 is 17.7. The van der Waals surface area contributed by atoms with Gasteiger partial charge in [-0.1, -0.05) is 55.7 Å². The molecule has 0 radical (unpaired) electrons. The summed E-state index contributed by atoms with van der Waals surface area (Å²) in [5, 5.41) is 0. The molecule has 2 aromatic carbocycles. The second-order valence-corrected chi connectivity index (χ2v) is 10.8. The maximum Gasteiger partial charge on any atom is 0.410 e. The minimum atomic E-state index is -0.542. The highest BCUT2D eigenvalue weighted by Gasteiger charge is 2.39. The Morgan fingerprint density at radius 3 is 1.55 bits per heavy atom. The Labute approximate surface area is 208 Å². The number of likely N-dealkylation sites (tertiary alicyclic amines) is 1. The fourth-order valence-electron chi connectivity index (χ4n) is 2.83. The fourth-order valence-corrected chi connectivity index (χ4v) is 4.16. The van der Waals surface area contributed by atoms with Crippen molar-refractivity contribution >= 4 is 30.2 Å². The first kappa shape index (κ1) is 27.6. The molecule has 0 N–H and O–H groups in total. The molecule has 1 heterocycles. The maximum absolute atomic E-state index is 12.6. The summed E-state index contributed by atoms with van der Waals surface area (Å²) in [5.74, 6) is 0. The molecule has 2 atom stereocenters. The Hall–Kier alpha value is -1.67. The van der Waals surface area contributed by atoms with Crippen LogP contribution >= 0.6 is 24.1 Å². The molecule has 0 bridgehead atoms. The maximum atomic E-state index is 12.6. The number of rotatable bonds is 6. The molecule has 0 spiro atoms. The lowest BCUT2D eigenvalue weighted by Crippen LogP contribution is -2.36. The highest BCUT2D eigenvalue weighted by molar-refractivity contribution is 7.95. The van der Waals surface area contributed by atoms with Crippen molar-refractivity contribution in [2.24, 2.45) is 0 Å². The van der Waals surface area contributed by atoms with Crippen LogP contribution in [0.15, 0.2) is 58.3 Å². The average molecular weight is 492 g/mol. The molecule has 1 amide bonds. The molecule has 2 unspecified atom stereocenters. The lowest BCUT2D eigenvalue weighted by molar-refractivity contribution is 0.0273. The Balaban J connectivity index is 0.00000122. The second kappa shape index (κ2) is 13.3. The van der Waals surface area contributed by atoms with Crippen molar-refractivity contribution in [3.8, 4) is 0 Å². The fraction of sp³-hybridized carbons (Fsp3) is 0.500. The minimum absolute atomic E-state index is 0.262. The number of benzene rings is 2. The summed E-state index contributed by atoms with van der Waals surface area (Å²) >= 11 is 2.63. The zero-order valence-electron chi connectivity index (χ0n) is 20.8. The molecule has 3 rings (SSSR count). The SMILES string of the molecule is CCC.Cc1ccc(SOC2CN(C(=O)OC(C)(C)C)CC2OSc2ccc(C)cc2)cc1. The van der Waals surface area contributed by atoms with Crippen LogP contribution in [-0.2, 0) is 13.1 Å². The van der Waals surface area contributed by atoms with Crippen LogP contribution in [0.25, 0.3) is 0 Å². The van der Waals surface area contributed by atoms with Gasteiger partial charge in [-0.15, -0.1) is 0 Å². The molecule has 1 fully saturated rings. The zero-order chi connectivity index (χ0) is 24.4. The standard InChI is InChI=1S/C23H29NO4S2.C3H8/c1-16-6-10-18(11-7-16)29-27-20-14-24(22(25)26-23(3,4)5)15-21(20)28-30-19-12-8-17(2)9-13-19;1-3-2/h6-13,20-21H,14-15H2,1-5H3;3H2,1-2H3. The van der Waals surface area contributed by atoms with Gasteiger partial charge in [-0.05, 0) is 58.9 Å².